The molecule has 3 aromatic carbocycles. The van der Waals surface area contributed by atoms with E-state index in [1.807, 2.05) is 36.4 Å². The molecule has 9 heteroatoms. The largest absolute Gasteiger partial charge is 0.497 e. The number of nitrogens with zero attached hydrogens (tertiary/aromatic N) is 2. The molecule has 0 atom stereocenters. The van der Waals surface area contributed by atoms with Gasteiger partial charge in [-0.3, -0.25) is 4.79 Å². The summed E-state index contributed by atoms with van der Waals surface area (Å²) >= 11 is 0. The molecule has 4 rings (SSSR count). The van der Waals surface area contributed by atoms with Crippen LogP contribution < -0.4 is 15.0 Å². The first-order chi connectivity index (χ1) is 17.2. The van der Waals surface area contributed by atoms with Crippen LogP contribution in [-0.2, 0) is 10.0 Å². The molecule has 1 aliphatic rings. The predicted molar refractivity (Wildman–Crippen MR) is 139 cm³/mol. The van der Waals surface area contributed by atoms with E-state index >= 15 is 0 Å². The number of rotatable bonds is 7. The van der Waals surface area contributed by atoms with Crippen LogP contribution in [0.3, 0.4) is 0 Å². The van der Waals surface area contributed by atoms with Gasteiger partial charge in [0.25, 0.3) is 5.91 Å². The minimum Gasteiger partial charge on any atom is -0.497 e. The van der Waals surface area contributed by atoms with Crippen molar-refractivity contribution < 1.29 is 22.3 Å². The van der Waals surface area contributed by atoms with E-state index in [0.717, 1.165) is 29.1 Å². The number of hydrogen-bond donors (Lipinski definition) is 1. The van der Waals surface area contributed by atoms with Crippen molar-refractivity contribution >= 4 is 27.3 Å². The Morgan fingerprint density at radius 3 is 2.17 bits per heavy atom. The Kier molecular flexibility index (Phi) is 7.61. The third-order valence-electron chi connectivity index (χ3n) is 6.33. The maximum atomic E-state index is 14.5. The molecule has 0 saturated carbocycles. The molecule has 1 N–H and O–H groups in total. The average Bonchev–Trinajstić information content (AvgIpc) is 2.89. The Morgan fingerprint density at radius 2 is 1.58 bits per heavy atom. The third-order valence-corrected chi connectivity index (χ3v) is 8.23. The minimum atomic E-state index is -3.90. The van der Waals surface area contributed by atoms with Crippen LogP contribution in [0.5, 0.6) is 5.75 Å². The number of carbonyl (C=O) groups is 1. The van der Waals surface area contributed by atoms with E-state index in [4.69, 9.17) is 4.74 Å². The first kappa shape index (κ1) is 25.7. The molecule has 1 heterocycles. The van der Waals surface area contributed by atoms with Gasteiger partial charge in [-0.25, -0.2) is 12.8 Å². The van der Waals surface area contributed by atoms with Gasteiger partial charge in [0.1, 0.15) is 11.6 Å². The van der Waals surface area contributed by atoms with Crippen molar-refractivity contribution in [3.05, 3.63) is 83.7 Å². The molecular weight excluding hydrogens is 481 g/mol. The summed E-state index contributed by atoms with van der Waals surface area (Å²) in [4.78, 5) is 14.8. The van der Waals surface area contributed by atoms with Crippen LogP contribution in [0.15, 0.2) is 71.6 Å². The van der Waals surface area contributed by atoms with Crippen molar-refractivity contribution in [3.63, 3.8) is 0 Å². The lowest BCUT2D eigenvalue weighted by atomic mass is 10.0. The molecule has 1 amide bonds. The highest BCUT2D eigenvalue weighted by Gasteiger charge is 2.30. The summed E-state index contributed by atoms with van der Waals surface area (Å²) in [6, 6.07) is 18.2. The molecule has 0 bridgehead atoms. The van der Waals surface area contributed by atoms with Crippen molar-refractivity contribution in [1.29, 1.82) is 0 Å². The maximum absolute atomic E-state index is 14.5. The van der Waals surface area contributed by atoms with Crippen LogP contribution in [0.25, 0.3) is 0 Å². The van der Waals surface area contributed by atoms with Gasteiger partial charge < -0.3 is 15.0 Å². The summed E-state index contributed by atoms with van der Waals surface area (Å²) < 4.78 is 47.7. The van der Waals surface area contributed by atoms with Gasteiger partial charge in [0.15, 0.2) is 0 Å². The number of halogens is 1. The molecule has 0 aromatic heterocycles. The van der Waals surface area contributed by atoms with E-state index in [2.05, 4.69) is 24.1 Å². The normalized spacial score (nSPS) is 14.6. The average molecular weight is 512 g/mol. The molecule has 7 nitrogen and oxygen atoms in total. The lowest BCUT2D eigenvalue weighted by molar-refractivity contribution is 0.102. The lowest BCUT2D eigenvalue weighted by Crippen LogP contribution is -2.48. The Bertz CT molecular complexity index is 1320. The summed E-state index contributed by atoms with van der Waals surface area (Å²) in [7, 11) is -2.29. The van der Waals surface area contributed by atoms with Crippen molar-refractivity contribution in [2.24, 2.45) is 0 Å². The van der Waals surface area contributed by atoms with Gasteiger partial charge in [0, 0.05) is 37.6 Å². The van der Waals surface area contributed by atoms with Crippen molar-refractivity contribution in [2.75, 3.05) is 43.5 Å². The zero-order valence-corrected chi connectivity index (χ0v) is 21.4. The quantitative estimate of drug-likeness (QED) is 0.497. The topological polar surface area (TPSA) is 79.0 Å². The number of carbonyl (C=O) groups excluding carboxylic acids is 1. The van der Waals surface area contributed by atoms with Crippen LogP contribution in [-0.4, -0.2) is 51.9 Å². The van der Waals surface area contributed by atoms with Gasteiger partial charge in [0.05, 0.1) is 17.6 Å². The summed E-state index contributed by atoms with van der Waals surface area (Å²) in [5.41, 5.74) is 2.28. The lowest BCUT2D eigenvalue weighted by Gasteiger charge is -2.35. The molecule has 36 heavy (non-hydrogen) atoms. The molecule has 1 aliphatic heterocycles. The van der Waals surface area contributed by atoms with Gasteiger partial charge >= 0.3 is 0 Å². The van der Waals surface area contributed by atoms with Crippen LogP contribution >= 0.6 is 0 Å². The highest BCUT2D eigenvalue weighted by molar-refractivity contribution is 7.89. The molecule has 1 saturated heterocycles. The molecule has 190 valence electrons. The van der Waals surface area contributed by atoms with E-state index in [-0.39, 0.29) is 23.5 Å². The van der Waals surface area contributed by atoms with Crippen molar-refractivity contribution in [1.82, 2.24) is 4.31 Å². The maximum Gasteiger partial charge on any atom is 0.258 e. The number of sulfonamides is 1. The SMILES string of the molecule is COc1ccc(N2CCN(S(=O)(=O)c3ccc(F)c(C(=O)Nc4ccc(C(C)C)cc4)c3)CC2)cc1. The highest BCUT2D eigenvalue weighted by atomic mass is 32.2. The van der Waals surface area contributed by atoms with E-state index in [1.54, 1.807) is 19.2 Å². The first-order valence-corrected chi connectivity index (χ1v) is 13.2. The standard InChI is InChI=1S/C27H30FN3O4S/c1-19(2)20-4-6-21(7-5-20)29-27(32)25-18-24(12-13-26(25)28)36(33,34)31-16-14-30(15-17-31)22-8-10-23(35-3)11-9-22/h4-13,18-19H,14-17H2,1-3H3,(H,29,32). The van der Waals surface area contributed by atoms with Crippen LogP contribution in [0.2, 0.25) is 0 Å². The summed E-state index contributed by atoms with van der Waals surface area (Å²) in [6.07, 6.45) is 0. The molecule has 0 aliphatic carbocycles. The van der Waals surface area contributed by atoms with E-state index < -0.39 is 21.7 Å². The highest BCUT2D eigenvalue weighted by Crippen LogP contribution is 2.25. The Hall–Kier alpha value is -3.43. The van der Waals surface area contributed by atoms with Crippen LogP contribution in [0.1, 0.15) is 35.7 Å². The fourth-order valence-electron chi connectivity index (χ4n) is 4.12. The van der Waals surface area contributed by atoms with Gasteiger partial charge in [0.2, 0.25) is 10.0 Å². The van der Waals surface area contributed by atoms with Crippen molar-refractivity contribution in [3.8, 4) is 5.75 Å². The Morgan fingerprint density at radius 1 is 0.944 bits per heavy atom. The molecule has 0 spiro atoms. The summed E-state index contributed by atoms with van der Waals surface area (Å²) in [5, 5.41) is 2.65. The fourth-order valence-corrected chi connectivity index (χ4v) is 5.57. The Labute approximate surface area is 211 Å². The fraction of sp³-hybridized carbons (Fsp3) is 0.296. The number of methoxy groups -OCH3 is 1. The summed E-state index contributed by atoms with van der Waals surface area (Å²) in [6.45, 7) is 5.69. The second-order valence-corrected chi connectivity index (χ2v) is 10.9. The van der Waals surface area contributed by atoms with Gasteiger partial charge in [-0.1, -0.05) is 26.0 Å². The third kappa shape index (κ3) is 5.52. The van der Waals surface area contributed by atoms with Gasteiger partial charge in [-0.05, 0) is 66.1 Å². The molecule has 3 aromatic rings. The second-order valence-electron chi connectivity index (χ2n) is 8.96. The zero-order chi connectivity index (χ0) is 25.9. The minimum absolute atomic E-state index is 0.109. The number of piperazine rings is 1. The molecule has 1 fully saturated rings. The van der Waals surface area contributed by atoms with Gasteiger partial charge in [-0.2, -0.15) is 4.31 Å². The molecule has 0 unspecified atom stereocenters. The Balaban J connectivity index is 1.46. The number of benzene rings is 3. The molecular formula is C27H30FN3O4S. The monoisotopic (exact) mass is 511 g/mol. The number of nitrogens with one attached hydrogen (secondary N) is 1. The first-order valence-electron chi connectivity index (χ1n) is 11.8. The molecule has 0 radical (unpaired) electrons. The number of amides is 1. The zero-order valence-electron chi connectivity index (χ0n) is 20.6. The van der Waals surface area contributed by atoms with E-state index in [9.17, 15) is 17.6 Å². The second kappa shape index (κ2) is 10.7. The number of hydrogen-bond acceptors (Lipinski definition) is 5. The van der Waals surface area contributed by atoms with E-state index in [1.165, 1.54) is 10.4 Å². The van der Waals surface area contributed by atoms with E-state index in [0.29, 0.717) is 24.7 Å². The summed E-state index contributed by atoms with van der Waals surface area (Å²) in [5.74, 6) is -0.392. The number of anilines is 2. The predicted octanol–water partition coefficient (Wildman–Crippen LogP) is 4.72. The van der Waals surface area contributed by atoms with Crippen LogP contribution in [0, 0.1) is 5.82 Å². The van der Waals surface area contributed by atoms with Gasteiger partial charge in [-0.15, -0.1) is 0 Å². The van der Waals surface area contributed by atoms with Crippen molar-refractivity contribution in [2.45, 2.75) is 24.7 Å². The van der Waals surface area contributed by atoms with Crippen LogP contribution in [0.4, 0.5) is 15.8 Å². The number of ether oxygens (including phenoxy) is 1. The smallest absolute Gasteiger partial charge is 0.258 e.